The monoisotopic (exact) mass is 430 g/mol. The number of carbonyl (C=O) groups is 2. The molecule has 5 nitrogen and oxygen atoms in total. The Morgan fingerprint density at radius 3 is 2.65 bits per heavy atom. The Morgan fingerprint density at radius 2 is 2.04 bits per heavy atom. The summed E-state index contributed by atoms with van der Waals surface area (Å²) >= 11 is 0.596. The normalized spacial score (nSPS) is 16.4. The van der Waals surface area contributed by atoms with E-state index in [0.717, 1.165) is 6.96 Å². The molecule has 0 bridgehead atoms. The van der Waals surface area contributed by atoms with E-state index in [1.165, 1.54) is 23.5 Å². The van der Waals surface area contributed by atoms with E-state index >= 15 is 0 Å². The predicted octanol–water partition coefficient (Wildman–Crippen LogP) is 2.35. The van der Waals surface area contributed by atoms with Gasteiger partial charge in [0.05, 0.1) is 6.54 Å². The van der Waals surface area contributed by atoms with Crippen molar-refractivity contribution < 1.29 is 18.7 Å². The zero-order valence-corrected chi connectivity index (χ0v) is 19.7. The van der Waals surface area contributed by atoms with E-state index in [-0.39, 0.29) is 24.8 Å². The summed E-state index contributed by atoms with van der Waals surface area (Å²) in [5.41, 5.74) is 3.05. The van der Waals surface area contributed by atoms with Crippen molar-refractivity contribution in [3.8, 4) is 11.1 Å². The first-order valence-corrected chi connectivity index (χ1v) is 12.1. The molecule has 0 saturated carbocycles. The van der Waals surface area contributed by atoms with Gasteiger partial charge in [-0.15, -0.1) is 0 Å². The van der Waals surface area contributed by atoms with Crippen LogP contribution in [0.25, 0.3) is 11.1 Å². The van der Waals surface area contributed by atoms with Crippen LogP contribution in [-0.2, 0) is 10.9 Å². The Labute approximate surface area is 181 Å². The molecule has 7 heteroatoms. The molecule has 1 N–H and O–H groups in total. The van der Waals surface area contributed by atoms with Crippen molar-refractivity contribution in [2.75, 3.05) is 18.0 Å². The van der Waals surface area contributed by atoms with E-state index in [2.05, 4.69) is 5.32 Å². The number of cyclic esters (lactones) is 1. The van der Waals surface area contributed by atoms with Gasteiger partial charge >= 0.3 is 153 Å². The van der Waals surface area contributed by atoms with Crippen LogP contribution in [0.3, 0.4) is 0 Å². The second-order valence-electron chi connectivity index (χ2n) is 6.27. The van der Waals surface area contributed by atoms with Crippen LogP contribution in [0, 0.1) is 5.82 Å². The summed E-state index contributed by atoms with van der Waals surface area (Å²) in [7, 11) is 0. The topological polar surface area (TPSA) is 58.6 Å². The zero-order valence-electron chi connectivity index (χ0n) is 14.8. The average molecular weight is 430 g/mol. The molecule has 1 atom stereocenters. The molecule has 0 spiro atoms. The number of carbonyl (C=O) groups excluding carboxylic acids is 2. The number of ether oxygens (including phenoxy) is 1. The van der Waals surface area contributed by atoms with Crippen LogP contribution < -0.4 is 10.2 Å². The number of halogens is 1. The minimum absolute atomic E-state index is 0.187. The third kappa shape index (κ3) is 4.46. The molecular formula is C19H19FN2O3Sr. The second kappa shape index (κ2) is 8.52. The molecular weight excluding hydrogens is 411 g/mol. The van der Waals surface area contributed by atoms with E-state index in [1.807, 2.05) is 24.3 Å². The van der Waals surface area contributed by atoms with Crippen LogP contribution in [0.5, 0.6) is 0 Å². The molecule has 1 saturated heterocycles. The van der Waals surface area contributed by atoms with Crippen LogP contribution in [0.4, 0.5) is 14.9 Å². The molecule has 26 heavy (non-hydrogen) atoms. The SMILES string of the molecule is CC(=O)NC[C@H]1CN(c2ccc(-c3ccc([CH2][SrH])cc3)c(F)c2)C(=O)O1. The van der Waals surface area contributed by atoms with Crippen molar-refractivity contribution in [1.82, 2.24) is 5.32 Å². The summed E-state index contributed by atoms with van der Waals surface area (Å²) in [6, 6.07) is 12.7. The molecule has 2 aromatic rings. The van der Waals surface area contributed by atoms with E-state index in [0.29, 0.717) is 54.5 Å². The first-order chi connectivity index (χ1) is 12.5. The number of nitrogens with one attached hydrogen (secondary N) is 1. The summed E-state index contributed by atoms with van der Waals surface area (Å²) in [4.78, 5) is 24.4. The first-order valence-electron chi connectivity index (χ1n) is 8.59. The van der Waals surface area contributed by atoms with Gasteiger partial charge in [0, 0.05) is 6.92 Å². The van der Waals surface area contributed by atoms with Crippen molar-refractivity contribution in [3.63, 3.8) is 0 Å². The molecule has 3 rings (SSSR count). The fourth-order valence-corrected chi connectivity index (χ4v) is 4.08. The molecule has 0 aliphatic carbocycles. The van der Waals surface area contributed by atoms with Gasteiger partial charge in [-0.3, -0.25) is 4.79 Å². The standard InChI is InChI=1S/C19H18FN2O3.Sr.H/c1-12-3-5-14(6-4-12)17-8-7-15(9-18(17)20)22-11-16(25-19(22)24)10-21-13(2)23;;/h3-9,16H,1,10-11H2,2H3,(H,21,23);;/t16-;;/m0../s1. The van der Waals surface area contributed by atoms with Crippen LogP contribution in [0.2, 0.25) is 0 Å². The molecule has 1 aliphatic rings. The molecule has 1 aliphatic heterocycles. The fourth-order valence-electron chi connectivity index (χ4n) is 2.92. The Kier molecular flexibility index (Phi) is 6.34. The average Bonchev–Trinajstić information content (AvgIpc) is 3.01. The van der Waals surface area contributed by atoms with Crippen LogP contribution in [0.15, 0.2) is 42.5 Å². The Hall–Kier alpha value is -1.41. The number of amides is 2. The van der Waals surface area contributed by atoms with Crippen molar-refractivity contribution in [2.24, 2.45) is 0 Å². The maximum absolute atomic E-state index is 14.6. The van der Waals surface area contributed by atoms with Gasteiger partial charge in [-0.05, 0) is 0 Å². The minimum atomic E-state index is -0.536. The van der Waals surface area contributed by atoms with Gasteiger partial charge in [0.15, 0.2) is 0 Å². The Bertz CT molecular complexity index is 826. The number of benzene rings is 2. The fraction of sp³-hybridized carbons (Fsp3) is 0.263. The van der Waals surface area contributed by atoms with E-state index in [1.54, 1.807) is 12.1 Å². The zero-order chi connectivity index (χ0) is 18.7. The molecule has 0 aromatic heterocycles. The summed E-state index contributed by atoms with van der Waals surface area (Å²) in [5.74, 6) is -0.573. The Balaban J connectivity index is 1.76. The number of anilines is 1. The molecule has 1 fully saturated rings. The molecule has 0 radical (unpaired) electrons. The van der Waals surface area contributed by atoms with Gasteiger partial charge in [0.25, 0.3) is 0 Å². The maximum atomic E-state index is 14.6. The number of hydrogen-bond donors (Lipinski definition) is 1. The van der Waals surface area contributed by atoms with Crippen molar-refractivity contribution in [3.05, 3.63) is 53.8 Å². The molecule has 2 aromatic carbocycles. The van der Waals surface area contributed by atoms with E-state index in [4.69, 9.17) is 4.74 Å². The number of rotatable bonds is 5. The van der Waals surface area contributed by atoms with Gasteiger partial charge < -0.3 is 5.32 Å². The van der Waals surface area contributed by atoms with E-state index in [9.17, 15) is 14.0 Å². The predicted molar refractivity (Wildman–Crippen MR) is 99.0 cm³/mol. The summed E-state index contributed by atoms with van der Waals surface area (Å²) in [6.07, 6.45) is -0.979. The number of hydrogen-bond acceptors (Lipinski definition) is 3. The van der Waals surface area contributed by atoms with Crippen LogP contribution in [0.1, 0.15) is 12.5 Å². The second-order valence-corrected chi connectivity index (χ2v) is 8.01. The quantitative estimate of drug-likeness (QED) is 0.742. The van der Waals surface area contributed by atoms with E-state index < -0.39 is 12.2 Å². The molecule has 132 valence electrons. The van der Waals surface area contributed by atoms with Crippen molar-refractivity contribution >= 4 is 60.9 Å². The third-order valence-electron chi connectivity index (χ3n) is 4.39. The summed E-state index contributed by atoms with van der Waals surface area (Å²) in [6.45, 7) is 1.92. The molecule has 1 heterocycles. The van der Waals surface area contributed by atoms with Crippen LogP contribution >= 0.6 is 0 Å². The van der Waals surface area contributed by atoms with Crippen molar-refractivity contribution in [1.29, 1.82) is 0 Å². The van der Waals surface area contributed by atoms with Gasteiger partial charge in [-0.1, -0.05) is 0 Å². The summed E-state index contributed by atoms with van der Waals surface area (Å²) < 4.78 is 21.0. The number of nitrogens with zero attached hydrogens (tertiary/aromatic N) is 1. The Morgan fingerprint density at radius 1 is 1.31 bits per heavy atom. The van der Waals surface area contributed by atoms with Gasteiger partial charge in [-0.2, -0.15) is 0 Å². The third-order valence-corrected chi connectivity index (χ3v) is 6.40. The van der Waals surface area contributed by atoms with Crippen LogP contribution in [-0.4, -0.2) is 74.4 Å². The molecule has 2 amide bonds. The molecule has 0 unspecified atom stereocenters. The van der Waals surface area contributed by atoms with Crippen molar-refractivity contribution in [2.45, 2.75) is 14.4 Å². The van der Waals surface area contributed by atoms with Gasteiger partial charge in [0.2, 0.25) is 5.91 Å². The van der Waals surface area contributed by atoms with Gasteiger partial charge in [0.1, 0.15) is 0 Å². The first kappa shape index (κ1) is 19.4. The summed E-state index contributed by atoms with van der Waals surface area (Å²) in [5, 5.41) is 2.62. The van der Waals surface area contributed by atoms with Gasteiger partial charge in [-0.25, -0.2) is 0 Å².